The van der Waals surface area contributed by atoms with Crippen LogP contribution in [-0.4, -0.2) is 31.2 Å². The van der Waals surface area contributed by atoms with Crippen molar-refractivity contribution in [1.82, 2.24) is 15.6 Å². The molecule has 8 heteroatoms. The Hall–Kier alpha value is -2.75. The lowest BCUT2D eigenvalue weighted by molar-refractivity contribution is 0.254. The van der Waals surface area contributed by atoms with Gasteiger partial charge in [-0.3, -0.25) is 4.99 Å². The molecule has 0 saturated heterocycles. The number of aryl methyl sites for hydroxylation is 1. The molecule has 1 aliphatic heterocycles. The number of benzene rings is 2. The van der Waals surface area contributed by atoms with Crippen LogP contribution >= 0.6 is 24.0 Å². The molecule has 170 valence electrons. The lowest BCUT2D eigenvalue weighted by Gasteiger charge is -2.14. The van der Waals surface area contributed by atoms with E-state index in [4.69, 9.17) is 13.9 Å². The molecule has 0 saturated carbocycles. The van der Waals surface area contributed by atoms with Crippen molar-refractivity contribution in [3.05, 3.63) is 65.0 Å². The van der Waals surface area contributed by atoms with Crippen molar-refractivity contribution in [2.45, 2.75) is 39.5 Å². The van der Waals surface area contributed by atoms with Gasteiger partial charge >= 0.3 is 0 Å². The van der Waals surface area contributed by atoms with Gasteiger partial charge in [-0.1, -0.05) is 17.7 Å². The van der Waals surface area contributed by atoms with Gasteiger partial charge in [0.05, 0.1) is 19.3 Å². The minimum Gasteiger partial charge on any atom is -0.496 e. The summed E-state index contributed by atoms with van der Waals surface area (Å²) >= 11 is 0. The maximum absolute atomic E-state index is 5.88. The molecule has 1 aromatic heterocycles. The summed E-state index contributed by atoms with van der Waals surface area (Å²) in [6, 6.07) is 12.2. The molecule has 3 aromatic rings. The molecular weight excluding hydrogens is 519 g/mol. The molecule has 7 nitrogen and oxygen atoms in total. The van der Waals surface area contributed by atoms with Crippen LogP contribution in [0.3, 0.4) is 0 Å². The van der Waals surface area contributed by atoms with Crippen LogP contribution in [0.5, 0.6) is 11.5 Å². The van der Waals surface area contributed by atoms with Crippen LogP contribution < -0.4 is 20.1 Å². The van der Waals surface area contributed by atoms with Crippen molar-refractivity contribution in [2.24, 2.45) is 4.99 Å². The van der Waals surface area contributed by atoms with E-state index in [9.17, 15) is 0 Å². The van der Waals surface area contributed by atoms with Gasteiger partial charge < -0.3 is 24.5 Å². The van der Waals surface area contributed by atoms with Crippen molar-refractivity contribution in [3.8, 4) is 23.0 Å². The molecule has 0 radical (unpaired) electrons. The zero-order valence-electron chi connectivity index (χ0n) is 18.8. The number of halogens is 1. The summed E-state index contributed by atoms with van der Waals surface area (Å²) in [6.07, 6.45) is 2.77. The molecule has 1 unspecified atom stereocenters. The monoisotopic (exact) mass is 548 g/mol. The number of hydrogen-bond donors (Lipinski definition) is 2. The first-order valence-electron chi connectivity index (χ1n) is 10.4. The number of ether oxygens (including phenoxy) is 2. The third-order valence-electron chi connectivity index (χ3n) is 5.26. The highest BCUT2D eigenvalue weighted by molar-refractivity contribution is 14.0. The largest absolute Gasteiger partial charge is 0.496 e. The van der Waals surface area contributed by atoms with Gasteiger partial charge in [-0.15, -0.1) is 24.0 Å². The van der Waals surface area contributed by atoms with Crippen LogP contribution in [-0.2, 0) is 19.5 Å². The second kappa shape index (κ2) is 10.7. The lowest BCUT2D eigenvalue weighted by atomic mass is 10.1. The number of fused-ring (bicyclic) bond motifs is 1. The normalized spacial score (nSPS) is 14.9. The zero-order valence-corrected chi connectivity index (χ0v) is 21.1. The van der Waals surface area contributed by atoms with Crippen molar-refractivity contribution in [1.29, 1.82) is 0 Å². The van der Waals surface area contributed by atoms with Crippen LogP contribution in [0.4, 0.5) is 0 Å². The van der Waals surface area contributed by atoms with Crippen molar-refractivity contribution < 1.29 is 13.9 Å². The fourth-order valence-electron chi connectivity index (χ4n) is 3.60. The number of oxazole rings is 1. The zero-order chi connectivity index (χ0) is 21.8. The quantitative estimate of drug-likeness (QED) is 0.269. The fourth-order valence-corrected chi connectivity index (χ4v) is 3.60. The molecule has 2 heterocycles. The second-order valence-corrected chi connectivity index (χ2v) is 7.69. The van der Waals surface area contributed by atoms with E-state index >= 15 is 0 Å². The summed E-state index contributed by atoms with van der Waals surface area (Å²) in [6.45, 7) is 5.18. The first kappa shape index (κ1) is 23.9. The number of methoxy groups -OCH3 is 1. The van der Waals surface area contributed by atoms with Crippen LogP contribution in [0.15, 0.2) is 52.1 Å². The number of hydrogen-bond acceptors (Lipinski definition) is 5. The van der Waals surface area contributed by atoms with E-state index in [1.807, 2.05) is 30.3 Å². The average molecular weight is 548 g/mol. The standard InChI is InChI=1S/C24H28N4O3.HI/c1-15-5-7-17(8-6-15)23-28-20(14-30-23)13-27-24(25-3)26-12-19-11-22-18(9-16(2)31-22)10-21(19)29-4;/h5-8,10-11,14,16H,9,12-13H2,1-4H3,(H2,25,26,27);1H. The number of rotatable bonds is 6. The summed E-state index contributed by atoms with van der Waals surface area (Å²) in [5.74, 6) is 3.05. The molecule has 1 atom stereocenters. The Bertz CT molecular complexity index is 1080. The smallest absolute Gasteiger partial charge is 0.226 e. The van der Waals surface area contributed by atoms with Gasteiger partial charge in [0.2, 0.25) is 5.89 Å². The molecular formula is C24H29IN4O3. The first-order chi connectivity index (χ1) is 15.1. The number of nitrogens with zero attached hydrogens (tertiary/aromatic N) is 2. The first-order valence-corrected chi connectivity index (χ1v) is 10.4. The molecule has 0 amide bonds. The molecule has 2 aromatic carbocycles. The summed E-state index contributed by atoms with van der Waals surface area (Å²) in [5.41, 5.74) is 5.16. The molecule has 0 bridgehead atoms. The van der Waals surface area contributed by atoms with Crippen LogP contribution in [0.2, 0.25) is 0 Å². The minimum absolute atomic E-state index is 0. The Morgan fingerprint density at radius 3 is 2.66 bits per heavy atom. The molecule has 1 aliphatic rings. The highest BCUT2D eigenvalue weighted by Crippen LogP contribution is 2.34. The third-order valence-corrected chi connectivity index (χ3v) is 5.26. The number of aliphatic imine (C=N–C) groups is 1. The summed E-state index contributed by atoms with van der Waals surface area (Å²) < 4.78 is 17.1. The summed E-state index contributed by atoms with van der Waals surface area (Å²) in [4.78, 5) is 8.86. The maximum atomic E-state index is 5.88. The van der Waals surface area contributed by atoms with Gasteiger partial charge in [0.1, 0.15) is 23.9 Å². The number of guanidine groups is 1. The highest BCUT2D eigenvalue weighted by atomic mass is 127. The molecule has 0 spiro atoms. The van der Waals surface area contributed by atoms with E-state index in [0.717, 1.165) is 34.7 Å². The van der Waals surface area contributed by atoms with Gasteiger partial charge in [0.25, 0.3) is 0 Å². The van der Waals surface area contributed by atoms with E-state index in [2.05, 4.69) is 40.5 Å². The number of nitrogens with one attached hydrogen (secondary N) is 2. The second-order valence-electron chi connectivity index (χ2n) is 7.69. The predicted octanol–water partition coefficient (Wildman–Crippen LogP) is 4.47. The molecule has 0 fully saturated rings. The van der Waals surface area contributed by atoms with E-state index in [1.54, 1.807) is 20.4 Å². The Kier molecular flexibility index (Phi) is 8.00. The molecule has 4 rings (SSSR count). The third kappa shape index (κ3) is 5.53. The van der Waals surface area contributed by atoms with E-state index in [1.165, 1.54) is 11.1 Å². The van der Waals surface area contributed by atoms with Crippen LogP contribution in [0.25, 0.3) is 11.5 Å². The van der Waals surface area contributed by atoms with Gasteiger partial charge in [0, 0.05) is 36.7 Å². The van der Waals surface area contributed by atoms with Crippen molar-refractivity contribution in [2.75, 3.05) is 14.2 Å². The highest BCUT2D eigenvalue weighted by Gasteiger charge is 2.21. The topological polar surface area (TPSA) is 80.9 Å². The number of aromatic nitrogens is 1. The van der Waals surface area contributed by atoms with E-state index < -0.39 is 0 Å². The van der Waals surface area contributed by atoms with Crippen LogP contribution in [0.1, 0.15) is 29.3 Å². The Labute approximate surface area is 205 Å². The van der Waals surface area contributed by atoms with Gasteiger partial charge in [-0.05, 0) is 38.1 Å². The summed E-state index contributed by atoms with van der Waals surface area (Å²) in [5, 5.41) is 6.59. The average Bonchev–Trinajstić information content (AvgIpc) is 3.39. The molecule has 32 heavy (non-hydrogen) atoms. The fraction of sp³-hybridized carbons (Fsp3) is 0.333. The van der Waals surface area contributed by atoms with Crippen molar-refractivity contribution >= 4 is 29.9 Å². The maximum Gasteiger partial charge on any atom is 0.226 e. The Balaban J connectivity index is 0.00000289. The van der Waals surface area contributed by atoms with E-state index in [0.29, 0.717) is 24.9 Å². The Morgan fingerprint density at radius 1 is 1.19 bits per heavy atom. The van der Waals surface area contributed by atoms with Crippen molar-refractivity contribution in [3.63, 3.8) is 0 Å². The molecule has 2 N–H and O–H groups in total. The Morgan fingerprint density at radius 2 is 1.94 bits per heavy atom. The SMILES string of the molecule is CN=C(NCc1coc(-c2ccc(C)cc2)n1)NCc1cc2c(cc1OC)CC(C)O2.I. The molecule has 0 aliphatic carbocycles. The van der Waals surface area contributed by atoms with Gasteiger partial charge in [-0.25, -0.2) is 4.98 Å². The minimum atomic E-state index is 0. The van der Waals surface area contributed by atoms with Crippen LogP contribution in [0, 0.1) is 6.92 Å². The predicted molar refractivity (Wildman–Crippen MR) is 136 cm³/mol. The lowest BCUT2D eigenvalue weighted by Crippen LogP contribution is -2.36. The van der Waals surface area contributed by atoms with Gasteiger partial charge in [0.15, 0.2) is 5.96 Å². The van der Waals surface area contributed by atoms with Gasteiger partial charge in [-0.2, -0.15) is 0 Å². The van der Waals surface area contributed by atoms with E-state index in [-0.39, 0.29) is 30.1 Å². The summed E-state index contributed by atoms with van der Waals surface area (Å²) in [7, 11) is 3.42.